The number of rotatable bonds is 3. The van der Waals surface area contributed by atoms with Gasteiger partial charge in [0, 0.05) is 22.3 Å². The molecule has 0 fully saturated rings. The van der Waals surface area contributed by atoms with Gasteiger partial charge in [0.25, 0.3) is 0 Å². The van der Waals surface area contributed by atoms with Crippen LogP contribution in [0, 0.1) is 0 Å². The van der Waals surface area contributed by atoms with Crippen LogP contribution in [0.2, 0.25) is 0 Å². The highest BCUT2D eigenvalue weighted by molar-refractivity contribution is 9.10. The molecule has 2 aromatic carbocycles. The predicted octanol–water partition coefficient (Wildman–Crippen LogP) is 3.48. The summed E-state index contributed by atoms with van der Waals surface area (Å²) in [6.45, 7) is 0.254. The second kappa shape index (κ2) is 6.24. The van der Waals surface area contributed by atoms with Crippen molar-refractivity contribution in [2.24, 2.45) is 0 Å². The van der Waals surface area contributed by atoms with E-state index in [-0.39, 0.29) is 18.3 Å². The Morgan fingerprint density at radius 2 is 1.89 bits per heavy atom. The zero-order valence-corrected chi connectivity index (χ0v) is 11.6. The van der Waals surface area contributed by atoms with E-state index in [0.29, 0.717) is 5.56 Å². The minimum Gasteiger partial charge on any atom is -0.508 e. The van der Waals surface area contributed by atoms with Gasteiger partial charge in [0.05, 0.1) is 0 Å². The first-order valence-corrected chi connectivity index (χ1v) is 6.52. The Morgan fingerprint density at radius 1 is 1.16 bits per heavy atom. The third-order valence-corrected chi connectivity index (χ3v) is 3.01. The molecule has 0 spiro atoms. The molecule has 0 aliphatic rings. The maximum Gasteiger partial charge on any atom is 0.319 e. The summed E-state index contributed by atoms with van der Waals surface area (Å²) in [5, 5.41) is 15.0. The first-order valence-electron chi connectivity index (χ1n) is 5.72. The topological polar surface area (TPSA) is 61.4 Å². The molecule has 19 heavy (non-hydrogen) atoms. The van der Waals surface area contributed by atoms with Gasteiger partial charge in [0.2, 0.25) is 0 Å². The Balaban J connectivity index is 1.92. The highest BCUT2D eigenvalue weighted by atomic mass is 79.9. The Bertz CT molecular complexity index is 573. The summed E-state index contributed by atoms with van der Waals surface area (Å²) in [5.41, 5.74) is 1.37. The number of phenolic OH excluding ortho intramolecular Hbond substituents is 1. The summed E-state index contributed by atoms with van der Waals surface area (Å²) in [6.07, 6.45) is 0. The second-order valence-corrected chi connectivity index (χ2v) is 4.86. The number of para-hydroxylation sites is 1. The Kier molecular flexibility index (Phi) is 4.41. The average Bonchev–Trinajstić information content (AvgIpc) is 2.41. The monoisotopic (exact) mass is 320 g/mol. The fourth-order valence-electron chi connectivity index (χ4n) is 1.57. The van der Waals surface area contributed by atoms with E-state index in [2.05, 4.69) is 26.6 Å². The van der Waals surface area contributed by atoms with E-state index in [9.17, 15) is 9.90 Å². The summed E-state index contributed by atoms with van der Waals surface area (Å²) in [6, 6.07) is 13.9. The number of amides is 2. The van der Waals surface area contributed by atoms with Crippen LogP contribution in [0.3, 0.4) is 0 Å². The van der Waals surface area contributed by atoms with Gasteiger partial charge in [-0.25, -0.2) is 4.79 Å². The van der Waals surface area contributed by atoms with Crippen molar-refractivity contribution in [3.8, 4) is 5.75 Å². The number of hydrogen-bond acceptors (Lipinski definition) is 2. The third-order valence-electron chi connectivity index (χ3n) is 2.51. The van der Waals surface area contributed by atoms with Crippen LogP contribution < -0.4 is 10.6 Å². The maximum absolute atomic E-state index is 11.7. The van der Waals surface area contributed by atoms with Crippen LogP contribution in [0.1, 0.15) is 5.56 Å². The zero-order chi connectivity index (χ0) is 13.7. The molecule has 98 valence electrons. The molecule has 0 bridgehead atoms. The molecule has 2 aromatic rings. The van der Waals surface area contributed by atoms with Gasteiger partial charge in [-0.1, -0.05) is 34.1 Å². The van der Waals surface area contributed by atoms with Crippen molar-refractivity contribution in [1.29, 1.82) is 0 Å². The number of hydrogen-bond donors (Lipinski definition) is 3. The molecule has 4 nitrogen and oxygen atoms in total. The Morgan fingerprint density at radius 3 is 2.63 bits per heavy atom. The first-order chi connectivity index (χ1) is 9.15. The molecule has 0 unspecified atom stereocenters. The van der Waals surface area contributed by atoms with E-state index in [1.807, 2.05) is 18.2 Å². The molecule has 0 saturated carbocycles. The van der Waals surface area contributed by atoms with Crippen LogP contribution in [-0.2, 0) is 6.54 Å². The minimum absolute atomic E-state index is 0.156. The molecular formula is C14H13BrN2O2. The van der Waals surface area contributed by atoms with Crippen LogP contribution in [-0.4, -0.2) is 11.1 Å². The molecule has 0 aliphatic heterocycles. The van der Waals surface area contributed by atoms with E-state index >= 15 is 0 Å². The van der Waals surface area contributed by atoms with Crippen LogP contribution in [0.4, 0.5) is 10.5 Å². The summed E-state index contributed by atoms with van der Waals surface area (Å²) in [4.78, 5) is 11.7. The molecule has 0 radical (unpaired) electrons. The van der Waals surface area contributed by atoms with Gasteiger partial charge in [-0.3, -0.25) is 0 Å². The van der Waals surface area contributed by atoms with Gasteiger partial charge in [-0.2, -0.15) is 0 Å². The fraction of sp³-hybridized carbons (Fsp3) is 0.0714. The lowest BCUT2D eigenvalue weighted by atomic mass is 10.2. The molecule has 2 amide bonds. The molecule has 0 heterocycles. The maximum atomic E-state index is 11.7. The molecule has 0 atom stereocenters. The molecule has 0 saturated heterocycles. The number of carbonyl (C=O) groups is 1. The normalized spacial score (nSPS) is 9.95. The Hall–Kier alpha value is -2.01. The summed E-state index contributed by atoms with van der Waals surface area (Å²) in [7, 11) is 0. The van der Waals surface area contributed by atoms with Crippen LogP contribution >= 0.6 is 15.9 Å². The summed E-state index contributed by atoms with van der Waals surface area (Å²) < 4.78 is 0.852. The van der Waals surface area contributed by atoms with Crippen molar-refractivity contribution in [2.75, 3.05) is 5.32 Å². The predicted molar refractivity (Wildman–Crippen MR) is 78.1 cm³/mol. The largest absolute Gasteiger partial charge is 0.508 e. The molecule has 3 N–H and O–H groups in total. The lowest BCUT2D eigenvalue weighted by molar-refractivity contribution is 0.251. The van der Waals surface area contributed by atoms with Gasteiger partial charge >= 0.3 is 6.03 Å². The SMILES string of the molecule is O=C(NCc1cc(Br)ccc1O)Nc1ccccc1. The summed E-state index contributed by atoms with van der Waals surface area (Å²) >= 11 is 3.32. The number of aromatic hydroxyl groups is 1. The van der Waals surface area contributed by atoms with Gasteiger partial charge in [-0.05, 0) is 30.3 Å². The van der Waals surface area contributed by atoms with Gasteiger partial charge in [0.15, 0.2) is 0 Å². The molecular weight excluding hydrogens is 308 g/mol. The van der Waals surface area contributed by atoms with Gasteiger partial charge in [0.1, 0.15) is 5.75 Å². The number of phenols is 1. The lowest BCUT2D eigenvalue weighted by Crippen LogP contribution is -2.28. The van der Waals surface area contributed by atoms with E-state index in [1.54, 1.807) is 30.3 Å². The van der Waals surface area contributed by atoms with E-state index < -0.39 is 0 Å². The van der Waals surface area contributed by atoms with Gasteiger partial charge < -0.3 is 15.7 Å². The van der Waals surface area contributed by atoms with Crippen molar-refractivity contribution >= 4 is 27.6 Å². The fourth-order valence-corrected chi connectivity index (χ4v) is 1.98. The first kappa shape index (κ1) is 13.4. The standard InChI is InChI=1S/C14H13BrN2O2/c15-11-6-7-13(18)10(8-11)9-16-14(19)17-12-4-2-1-3-5-12/h1-8,18H,9H2,(H2,16,17,19). The van der Waals surface area contributed by atoms with Crippen molar-refractivity contribution in [3.05, 3.63) is 58.6 Å². The van der Waals surface area contributed by atoms with E-state index in [0.717, 1.165) is 10.2 Å². The minimum atomic E-state index is -0.314. The molecule has 5 heteroatoms. The quantitative estimate of drug-likeness (QED) is 0.810. The molecule has 0 aliphatic carbocycles. The number of nitrogens with one attached hydrogen (secondary N) is 2. The van der Waals surface area contributed by atoms with Gasteiger partial charge in [-0.15, -0.1) is 0 Å². The van der Waals surface area contributed by atoms with Crippen molar-refractivity contribution in [2.45, 2.75) is 6.54 Å². The number of halogens is 1. The van der Waals surface area contributed by atoms with Crippen LogP contribution in [0.5, 0.6) is 5.75 Å². The second-order valence-electron chi connectivity index (χ2n) is 3.95. The molecule has 0 aromatic heterocycles. The third kappa shape index (κ3) is 3.99. The number of benzene rings is 2. The lowest BCUT2D eigenvalue weighted by Gasteiger charge is -2.09. The zero-order valence-electron chi connectivity index (χ0n) is 10.1. The van der Waals surface area contributed by atoms with E-state index in [1.165, 1.54) is 0 Å². The number of urea groups is 1. The highest BCUT2D eigenvalue weighted by Gasteiger charge is 2.05. The van der Waals surface area contributed by atoms with Crippen LogP contribution in [0.25, 0.3) is 0 Å². The number of anilines is 1. The van der Waals surface area contributed by atoms with E-state index in [4.69, 9.17) is 0 Å². The summed E-state index contributed by atoms with van der Waals surface area (Å²) in [5.74, 6) is 0.156. The highest BCUT2D eigenvalue weighted by Crippen LogP contribution is 2.21. The average molecular weight is 321 g/mol. The Labute approximate surface area is 119 Å². The number of carbonyl (C=O) groups excluding carboxylic acids is 1. The van der Waals surface area contributed by atoms with Crippen molar-refractivity contribution < 1.29 is 9.90 Å². The smallest absolute Gasteiger partial charge is 0.319 e. The van der Waals surface area contributed by atoms with Crippen LogP contribution in [0.15, 0.2) is 53.0 Å². The van der Waals surface area contributed by atoms with Crippen molar-refractivity contribution in [3.63, 3.8) is 0 Å². The molecule has 2 rings (SSSR count). The van der Waals surface area contributed by atoms with Crippen molar-refractivity contribution in [1.82, 2.24) is 5.32 Å².